The first-order valence-electron chi connectivity index (χ1n) is 25.7. The van der Waals surface area contributed by atoms with Crippen molar-refractivity contribution in [2.75, 3.05) is 4.90 Å². The average Bonchev–Trinajstić information content (AvgIpc) is 3.96. The highest BCUT2D eigenvalue weighted by Crippen LogP contribution is 2.66. The summed E-state index contributed by atoms with van der Waals surface area (Å²) in [7, 11) is 0. The van der Waals surface area contributed by atoms with Gasteiger partial charge in [0, 0.05) is 17.1 Å². The molecule has 0 radical (unpaired) electrons. The Labute approximate surface area is 431 Å². The zero-order chi connectivity index (χ0) is 48.7. The summed E-state index contributed by atoms with van der Waals surface area (Å²) < 4.78 is 0. The van der Waals surface area contributed by atoms with E-state index in [1.54, 1.807) is 0 Å². The first-order valence-corrected chi connectivity index (χ1v) is 25.7. The van der Waals surface area contributed by atoms with Crippen LogP contribution in [0.15, 0.2) is 285 Å². The molecule has 0 bridgehead atoms. The molecule has 1 atom stereocenters. The second kappa shape index (κ2) is 16.8. The third kappa shape index (κ3) is 6.30. The van der Waals surface area contributed by atoms with Crippen molar-refractivity contribution in [3.63, 3.8) is 0 Å². The van der Waals surface area contributed by atoms with Crippen LogP contribution in [-0.4, -0.2) is 0 Å². The molecule has 74 heavy (non-hydrogen) atoms. The van der Waals surface area contributed by atoms with Crippen LogP contribution in [0.4, 0.5) is 17.1 Å². The van der Waals surface area contributed by atoms with Crippen LogP contribution in [0.1, 0.15) is 22.3 Å². The van der Waals surface area contributed by atoms with Crippen molar-refractivity contribution in [3.8, 4) is 66.8 Å². The summed E-state index contributed by atoms with van der Waals surface area (Å²) in [6.07, 6.45) is 0. The molecular weight excluding hydrogens is 891 g/mol. The van der Waals surface area contributed by atoms with Crippen LogP contribution in [0.2, 0.25) is 0 Å². The molecule has 0 aliphatic heterocycles. The smallest absolute Gasteiger partial charge is 0.0732 e. The Morgan fingerprint density at radius 3 is 1.30 bits per heavy atom. The lowest BCUT2D eigenvalue weighted by atomic mass is 9.68. The molecule has 0 amide bonds. The number of anilines is 3. The Morgan fingerprint density at radius 2 is 0.676 bits per heavy atom. The van der Waals surface area contributed by atoms with Crippen LogP contribution >= 0.6 is 0 Å². The second-order valence-electron chi connectivity index (χ2n) is 19.9. The molecule has 13 aromatic rings. The van der Waals surface area contributed by atoms with Crippen molar-refractivity contribution in [3.05, 3.63) is 307 Å². The van der Waals surface area contributed by atoms with Crippen molar-refractivity contribution >= 4 is 49.4 Å². The molecule has 13 aromatic carbocycles. The molecule has 1 heteroatoms. The Hall–Kier alpha value is -9.56. The van der Waals surface area contributed by atoms with Crippen molar-refractivity contribution in [2.24, 2.45) is 0 Å². The van der Waals surface area contributed by atoms with Gasteiger partial charge in [0.1, 0.15) is 0 Å². The van der Waals surface area contributed by atoms with Crippen LogP contribution in [0.3, 0.4) is 0 Å². The quantitative estimate of drug-likeness (QED) is 0.144. The minimum absolute atomic E-state index is 0.611. The van der Waals surface area contributed by atoms with Crippen LogP contribution in [0.25, 0.3) is 99.1 Å². The van der Waals surface area contributed by atoms with Gasteiger partial charge in [0.2, 0.25) is 0 Å². The molecule has 0 N–H and O–H groups in total. The van der Waals surface area contributed by atoms with Gasteiger partial charge in [-0.1, -0.05) is 218 Å². The van der Waals surface area contributed by atoms with Gasteiger partial charge < -0.3 is 4.90 Å². The monoisotopic (exact) mass is 937 g/mol. The summed E-state index contributed by atoms with van der Waals surface area (Å²) in [6, 6.07) is 106. The summed E-state index contributed by atoms with van der Waals surface area (Å²) in [5, 5.41) is 7.63. The highest BCUT2D eigenvalue weighted by molar-refractivity contribution is 6.28. The van der Waals surface area contributed by atoms with Crippen LogP contribution in [-0.2, 0) is 5.41 Å². The summed E-state index contributed by atoms with van der Waals surface area (Å²) in [5.74, 6) is 0. The zero-order valence-electron chi connectivity index (χ0n) is 40.6. The molecule has 15 rings (SSSR count). The third-order valence-electron chi connectivity index (χ3n) is 16.0. The fourth-order valence-electron chi connectivity index (χ4n) is 12.9. The van der Waals surface area contributed by atoms with E-state index in [9.17, 15) is 0 Å². The first kappa shape index (κ1) is 42.2. The first-order chi connectivity index (χ1) is 36.7. The van der Waals surface area contributed by atoms with E-state index < -0.39 is 5.41 Å². The number of nitrogens with zero attached hydrogens (tertiary/aromatic N) is 1. The van der Waals surface area contributed by atoms with Gasteiger partial charge in [-0.25, -0.2) is 0 Å². The molecule has 0 heterocycles. The fourth-order valence-corrected chi connectivity index (χ4v) is 12.9. The predicted octanol–water partition coefficient (Wildman–Crippen LogP) is 19.6. The lowest BCUT2D eigenvalue weighted by Gasteiger charge is -2.32. The Balaban J connectivity index is 0.999. The summed E-state index contributed by atoms with van der Waals surface area (Å²) in [6.45, 7) is 0. The molecule has 1 nitrogen and oxygen atoms in total. The molecule has 2 aliphatic carbocycles. The van der Waals surface area contributed by atoms with Gasteiger partial charge in [-0.3, -0.25) is 0 Å². The number of rotatable bonds is 7. The van der Waals surface area contributed by atoms with Gasteiger partial charge in [-0.05, 0) is 188 Å². The third-order valence-corrected chi connectivity index (χ3v) is 16.0. The van der Waals surface area contributed by atoms with Crippen molar-refractivity contribution in [2.45, 2.75) is 5.41 Å². The maximum Gasteiger partial charge on any atom is 0.0732 e. The van der Waals surface area contributed by atoms with E-state index in [4.69, 9.17) is 0 Å². The minimum atomic E-state index is -0.611. The lowest BCUT2D eigenvalue weighted by molar-refractivity contribution is 0.802. The Morgan fingerprint density at radius 1 is 0.230 bits per heavy atom. The van der Waals surface area contributed by atoms with Gasteiger partial charge >= 0.3 is 0 Å². The Bertz CT molecular complexity index is 4230. The zero-order valence-corrected chi connectivity index (χ0v) is 40.6. The maximum atomic E-state index is 2.55. The van der Waals surface area contributed by atoms with E-state index in [0.717, 1.165) is 17.1 Å². The molecule has 1 unspecified atom stereocenters. The minimum Gasteiger partial charge on any atom is -0.311 e. The highest BCUT2D eigenvalue weighted by Gasteiger charge is 2.53. The number of hydrogen-bond acceptors (Lipinski definition) is 1. The fraction of sp³-hybridized carbons (Fsp3) is 0.0137. The summed E-state index contributed by atoms with van der Waals surface area (Å²) in [5.41, 5.74) is 23.0. The highest BCUT2D eigenvalue weighted by atomic mass is 15.1. The normalized spacial score (nSPS) is 14.0. The molecule has 1 spiro atoms. The number of para-hydroxylation sites is 2. The Kier molecular flexibility index (Phi) is 9.55. The van der Waals surface area contributed by atoms with Crippen LogP contribution in [0.5, 0.6) is 0 Å². The standard InChI is InChI=1S/C73H47N/c1-5-21-48(22-6-1)52-43-53(49-23-7-2-8-24-49)45-54(44-52)51-39-42-61-60-31-17-19-35-67(60)73(69(61)46-51)68-36-20-18-34-64(68)70-63-33-16-14-30-59(63)66-47-65(58-29-13-15-32-62(58)71(66)72(70)73)50-37-40-57(41-38-50)74(55-25-9-3-10-26-55)56-27-11-4-12-28-56/h1-47H. The van der Waals surface area contributed by atoms with E-state index in [1.165, 1.54) is 121 Å². The molecular formula is C73H47N. The van der Waals surface area contributed by atoms with E-state index >= 15 is 0 Å². The van der Waals surface area contributed by atoms with E-state index in [1.807, 2.05) is 0 Å². The van der Waals surface area contributed by atoms with Crippen LogP contribution in [0, 0.1) is 0 Å². The molecule has 0 aromatic heterocycles. The largest absolute Gasteiger partial charge is 0.311 e. The van der Waals surface area contributed by atoms with Gasteiger partial charge in [-0.15, -0.1) is 0 Å². The van der Waals surface area contributed by atoms with Crippen molar-refractivity contribution in [1.82, 2.24) is 0 Å². The maximum absolute atomic E-state index is 2.55. The average molecular weight is 938 g/mol. The number of hydrogen-bond donors (Lipinski definition) is 0. The molecule has 0 fully saturated rings. The molecule has 0 saturated heterocycles. The topological polar surface area (TPSA) is 3.24 Å². The van der Waals surface area contributed by atoms with Gasteiger partial charge in [-0.2, -0.15) is 0 Å². The van der Waals surface area contributed by atoms with E-state index in [2.05, 4.69) is 290 Å². The predicted molar refractivity (Wildman–Crippen MR) is 312 cm³/mol. The van der Waals surface area contributed by atoms with Crippen LogP contribution < -0.4 is 4.90 Å². The van der Waals surface area contributed by atoms with E-state index in [-0.39, 0.29) is 0 Å². The van der Waals surface area contributed by atoms with Crippen molar-refractivity contribution < 1.29 is 0 Å². The van der Waals surface area contributed by atoms with Gasteiger partial charge in [0.05, 0.1) is 5.41 Å². The summed E-state index contributed by atoms with van der Waals surface area (Å²) in [4.78, 5) is 2.33. The van der Waals surface area contributed by atoms with Gasteiger partial charge in [0.15, 0.2) is 0 Å². The molecule has 0 saturated carbocycles. The molecule has 2 aliphatic rings. The summed E-state index contributed by atoms with van der Waals surface area (Å²) >= 11 is 0. The number of fused-ring (bicyclic) bond motifs is 17. The van der Waals surface area contributed by atoms with Gasteiger partial charge in [0.25, 0.3) is 0 Å². The second-order valence-corrected chi connectivity index (χ2v) is 19.9. The van der Waals surface area contributed by atoms with E-state index in [0.29, 0.717) is 0 Å². The SMILES string of the molecule is c1ccc(-c2cc(-c3ccccc3)cc(-c3ccc4c(c3)C3(c5ccccc5-4)c4ccccc4-c4c3c3c5ccccc5c(-c5ccc(N(c6ccccc6)c6ccccc6)cc5)cc3c3ccccc43)c2)cc1. The van der Waals surface area contributed by atoms with Crippen molar-refractivity contribution in [1.29, 1.82) is 0 Å². The number of benzene rings is 13. The lowest BCUT2D eigenvalue weighted by Crippen LogP contribution is -2.26. The molecule has 344 valence electrons.